The maximum Gasteiger partial charge on any atom is 0.284 e. The molecule has 82 valence electrons. The van der Waals surface area contributed by atoms with Gasteiger partial charge in [0.15, 0.2) is 0 Å². The van der Waals surface area contributed by atoms with Crippen molar-refractivity contribution in [3.63, 3.8) is 0 Å². The summed E-state index contributed by atoms with van der Waals surface area (Å²) >= 11 is 0. The molecule has 0 atom stereocenters. The minimum atomic E-state index is -0.569. The molecule has 4 nitrogen and oxygen atoms in total. The van der Waals surface area contributed by atoms with E-state index in [0.29, 0.717) is 0 Å². The Labute approximate surface area is 92.5 Å². The monoisotopic (exact) mass is 257 g/mol. The first-order chi connectivity index (χ1) is 6.18. The lowest BCUT2D eigenvalue weighted by atomic mass is 10.5. The van der Waals surface area contributed by atoms with Gasteiger partial charge in [0, 0.05) is 0 Å². The van der Waals surface area contributed by atoms with E-state index in [1.165, 1.54) is 13.0 Å². The molecule has 0 saturated carbocycles. The van der Waals surface area contributed by atoms with Gasteiger partial charge in [-0.3, -0.25) is 0 Å². The Hall–Kier alpha value is 0.708. The van der Waals surface area contributed by atoms with Crippen LogP contribution in [0.4, 0.5) is 0 Å². The summed E-state index contributed by atoms with van der Waals surface area (Å²) in [5, 5.41) is 0. The van der Waals surface area contributed by atoms with Gasteiger partial charge in [0.1, 0.15) is 21.0 Å². The Morgan fingerprint density at radius 3 is 1.77 bits per heavy atom. The van der Waals surface area contributed by atoms with Crippen LogP contribution in [0.1, 0.15) is 13.3 Å². The predicted molar refractivity (Wildman–Crippen MR) is 69.1 cm³/mol. The van der Waals surface area contributed by atoms with Gasteiger partial charge in [0.05, 0.1) is 0 Å². The van der Waals surface area contributed by atoms with Crippen molar-refractivity contribution in [3.8, 4) is 0 Å². The van der Waals surface area contributed by atoms with E-state index in [1.807, 2.05) is 0 Å². The van der Waals surface area contributed by atoms with Gasteiger partial charge in [0.2, 0.25) is 0 Å². The van der Waals surface area contributed by atoms with Gasteiger partial charge in [-0.2, -0.15) is 0 Å². The Morgan fingerprint density at radius 2 is 1.62 bits per heavy atom. The van der Waals surface area contributed by atoms with E-state index >= 15 is 0 Å². The smallest absolute Gasteiger partial charge is 0.284 e. The molecule has 8 heteroatoms. The van der Waals surface area contributed by atoms with Crippen molar-refractivity contribution < 1.29 is 12.3 Å². The summed E-state index contributed by atoms with van der Waals surface area (Å²) in [7, 11) is 4.68. The summed E-state index contributed by atoms with van der Waals surface area (Å²) in [6, 6.07) is 0. The van der Waals surface area contributed by atoms with Crippen LogP contribution in [0.3, 0.4) is 0 Å². The summed E-state index contributed by atoms with van der Waals surface area (Å²) in [6.45, 7) is 3.39. The summed E-state index contributed by atoms with van der Waals surface area (Å²) in [5.74, 6) is 0. The Morgan fingerprint density at radius 1 is 1.15 bits per heavy atom. The van der Waals surface area contributed by atoms with Crippen LogP contribution >= 0.6 is 0 Å². The van der Waals surface area contributed by atoms with Gasteiger partial charge < -0.3 is 17.2 Å². The summed E-state index contributed by atoms with van der Waals surface area (Å²) in [4.78, 5) is 2.18. The lowest BCUT2D eigenvalue weighted by molar-refractivity contribution is 0.408. The van der Waals surface area contributed by atoms with Crippen molar-refractivity contribution in [1.29, 1.82) is 0 Å². The molecule has 0 aliphatic rings. The fraction of sp³-hybridized carbons (Fsp3) is 1.00. The molecule has 0 bridgehead atoms. The highest BCUT2D eigenvalue weighted by Gasteiger charge is 1.80. The summed E-state index contributed by atoms with van der Waals surface area (Å²) < 4.78 is 14.8. The zero-order chi connectivity index (χ0) is 10.5. The largest absolute Gasteiger partial charge is 0.449 e. The minimum absolute atomic E-state index is 0.569. The van der Waals surface area contributed by atoms with Crippen LogP contribution < -0.4 is 0 Å². The minimum Gasteiger partial charge on any atom is -0.449 e. The van der Waals surface area contributed by atoms with Crippen molar-refractivity contribution in [2.45, 2.75) is 13.3 Å². The van der Waals surface area contributed by atoms with E-state index in [-0.39, 0.29) is 0 Å². The fourth-order valence-electron chi connectivity index (χ4n) is 0.648. The van der Waals surface area contributed by atoms with Crippen LogP contribution in [-0.4, -0.2) is 66.5 Å². The van der Waals surface area contributed by atoms with Crippen molar-refractivity contribution >= 4 is 41.0 Å². The Kier molecular flexibility index (Phi) is 18.9. The highest BCUT2D eigenvalue weighted by Crippen LogP contribution is 1.76. The molecule has 0 fully saturated rings. The second-order valence-corrected chi connectivity index (χ2v) is 9.54. The van der Waals surface area contributed by atoms with Crippen LogP contribution in [0.2, 0.25) is 0 Å². The molecular formula is C5H23NO3Si4. The summed E-state index contributed by atoms with van der Waals surface area (Å²) in [5.41, 5.74) is 0. The van der Waals surface area contributed by atoms with Crippen LogP contribution in [0.25, 0.3) is 0 Å². The Balaban J connectivity index is 0. The van der Waals surface area contributed by atoms with Crippen molar-refractivity contribution in [1.82, 2.24) is 4.90 Å². The van der Waals surface area contributed by atoms with E-state index in [2.05, 4.69) is 25.9 Å². The van der Waals surface area contributed by atoms with Crippen molar-refractivity contribution in [3.05, 3.63) is 0 Å². The maximum absolute atomic E-state index is 5.03. The van der Waals surface area contributed by atoms with Gasteiger partial charge in [-0.1, -0.05) is 6.92 Å². The molecule has 0 radical (unpaired) electrons. The second kappa shape index (κ2) is 15.2. The Bertz CT molecular complexity index is 84.2. The number of hydrogen-bond acceptors (Lipinski definition) is 4. The van der Waals surface area contributed by atoms with Gasteiger partial charge in [0.25, 0.3) is 20.0 Å². The molecule has 0 spiro atoms. The molecule has 13 heavy (non-hydrogen) atoms. The van der Waals surface area contributed by atoms with E-state index in [0.717, 1.165) is 21.0 Å². The zero-order valence-electron chi connectivity index (χ0n) is 9.50. The molecule has 0 heterocycles. The number of hydrogen-bond donors (Lipinski definition) is 0. The quantitative estimate of drug-likeness (QED) is 0.366. The molecule has 0 aromatic heterocycles. The topological polar surface area (TPSA) is 30.9 Å². The van der Waals surface area contributed by atoms with Crippen LogP contribution in [0, 0.1) is 0 Å². The van der Waals surface area contributed by atoms with Crippen molar-refractivity contribution in [2.24, 2.45) is 0 Å². The lowest BCUT2D eigenvalue weighted by Gasteiger charge is -2.03. The second-order valence-electron chi connectivity index (χ2n) is 2.82. The molecule has 0 saturated heterocycles. The van der Waals surface area contributed by atoms with Crippen LogP contribution in [0.5, 0.6) is 0 Å². The van der Waals surface area contributed by atoms with Gasteiger partial charge in [-0.25, -0.2) is 0 Å². The molecular weight excluding hydrogens is 234 g/mol. The van der Waals surface area contributed by atoms with E-state index in [9.17, 15) is 0 Å². The molecule has 0 aromatic carbocycles. The molecule has 0 rings (SSSR count). The lowest BCUT2D eigenvalue weighted by Crippen LogP contribution is -2.11. The average molecular weight is 258 g/mol. The van der Waals surface area contributed by atoms with Gasteiger partial charge in [-0.15, -0.1) is 0 Å². The molecule has 0 aliphatic heterocycles. The third-order valence-corrected chi connectivity index (χ3v) is 4.29. The molecule has 0 unspecified atom stereocenters. The third-order valence-electron chi connectivity index (χ3n) is 1.07. The highest BCUT2D eigenvalue weighted by molar-refractivity contribution is 6.40. The average Bonchev–Trinajstić information content (AvgIpc) is 2.06. The number of rotatable bonds is 6. The molecule has 0 aliphatic carbocycles. The normalized spacial score (nSPS) is 12.0. The van der Waals surface area contributed by atoms with Gasteiger partial charge in [-0.05, 0) is 27.1 Å². The number of nitrogens with zero attached hydrogens (tertiary/aromatic N) is 1. The maximum atomic E-state index is 5.03. The van der Waals surface area contributed by atoms with E-state index < -0.39 is 20.0 Å². The molecule has 0 N–H and O–H groups in total. The van der Waals surface area contributed by atoms with Gasteiger partial charge >= 0.3 is 0 Å². The van der Waals surface area contributed by atoms with Crippen molar-refractivity contribution in [2.75, 3.05) is 20.6 Å². The zero-order valence-corrected chi connectivity index (χ0v) is 16.3. The predicted octanol–water partition coefficient (Wildman–Crippen LogP) is -3.45. The first-order valence-electron chi connectivity index (χ1n) is 4.39. The standard InChI is InChI=1S/C5H13N.H10O3Si4/c1-4-5-6(2)3;4-1-6-3-7-2-5/h4-5H2,1-3H3;6-7H2,4-5H3. The van der Waals surface area contributed by atoms with Crippen LogP contribution in [-0.2, 0) is 12.3 Å². The molecule has 0 aromatic rings. The summed E-state index contributed by atoms with van der Waals surface area (Å²) in [6.07, 6.45) is 1.26. The third kappa shape index (κ3) is 24.5. The first-order valence-corrected chi connectivity index (χ1v) is 8.33. The first kappa shape index (κ1) is 16.1. The fourth-order valence-corrected chi connectivity index (χ4v) is 5.25. The highest BCUT2D eigenvalue weighted by atomic mass is 28.4. The van der Waals surface area contributed by atoms with E-state index in [4.69, 9.17) is 12.3 Å². The van der Waals surface area contributed by atoms with Crippen LogP contribution in [0.15, 0.2) is 0 Å². The SMILES string of the molecule is CCCN(C)C.[SiH3]O[SiH2]O[SiH2]O[SiH3]. The molecule has 0 amide bonds. The van der Waals surface area contributed by atoms with E-state index in [1.54, 1.807) is 0 Å².